The van der Waals surface area contributed by atoms with Gasteiger partial charge in [-0.1, -0.05) is 0 Å². The van der Waals surface area contributed by atoms with Crippen LogP contribution in [0.4, 0.5) is 5.95 Å². The Labute approximate surface area is 111 Å². The van der Waals surface area contributed by atoms with Gasteiger partial charge in [0.05, 0.1) is 12.4 Å². The molecule has 0 saturated carbocycles. The first-order valence-corrected chi connectivity index (χ1v) is 7.03. The van der Waals surface area contributed by atoms with Crippen molar-refractivity contribution in [3.05, 3.63) is 12.4 Å². The zero-order valence-corrected chi connectivity index (χ0v) is 11.2. The third-order valence-electron chi connectivity index (χ3n) is 2.09. The third-order valence-corrected chi connectivity index (χ3v) is 3.50. The summed E-state index contributed by atoms with van der Waals surface area (Å²) in [5.41, 5.74) is 2.19. The summed E-state index contributed by atoms with van der Waals surface area (Å²) in [6, 6.07) is 0. The van der Waals surface area contributed by atoms with E-state index in [1.54, 1.807) is 6.92 Å². The van der Waals surface area contributed by atoms with Crippen molar-refractivity contribution in [3.63, 3.8) is 0 Å². The van der Waals surface area contributed by atoms with E-state index in [-0.39, 0.29) is 29.7 Å². The minimum Gasteiger partial charge on any atom is -0.356 e. The van der Waals surface area contributed by atoms with Gasteiger partial charge in [-0.2, -0.15) is 0 Å². The summed E-state index contributed by atoms with van der Waals surface area (Å²) in [5, 5.41) is 2.57. The highest BCUT2D eigenvalue weighted by Gasteiger charge is 2.15. The normalized spacial score (nSPS) is 11.1. The lowest BCUT2D eigenvalue weighted by Gasteiger charge is -2.06. The molecule has 0 aromatic carbocycles. The van der Waals surface area contributed by atoms with Crippen molar-refractivity contribution >= 4 is 21.9 Å². The Kier molecular flexibility index (Phi) is 5.60. The molecule has 0 spiro atoms. The number of amides is 1. The van der Waals surface area contributed by atoms with Crippen LogP contribution in [0.15, 0.2) is 17.3 Å². The Bertz CT molecular complexity index is 515. The molecule has 0 aliphatic heterocycles. The number of hydrogen-bond acceptors (Lipinski definition) is 7. The van der Waals surface area contributed by atoms with Crippen LogP contribution in [0.5, 0.6) is 0 Å². The summed E-state index contributed by atoms with van der Waals surface area (Å²) in [7, 11) is -3.72. The maximum Gasteiger partial charge on any atom is 0.243 e. The van der Waals surface area contributed by atoms with Crippen LogP contribution in [0.3, 0.4) is 0 Å². The van der Waals surface area contributed by atoms with Crippen LogP contribution >= 0.6 is 0 Å². The number of rotatable bonds is 7. The fourth-order valence-corrected chi connectivity index (χ4v) is 2.12. The summed E-state index contributed by atoms with van der Waals surface area (Å²) in [6.45, 7) is 2.30. The molecule has 0 unspecified atom stereocenters. The number of nitrogens with zero attached hydrogens (tertiary/aromatic N) is 2. The second kappa shape index (κ2) is 6.97. The number of aromatic nitrogens is 2. The van der Waals surface area contributed by atoms with Gasteiger partial charge < -0.3 is 5.32 Å². The Morgan fingerprint density at radius 3 is 2.53 bits per heavy atom. The van der Waals surface area contributed by atoms with E-state index in [9.17, 15) is 13.2 Å². The molecule has 0 radical (unpaired) electrons. The fraction of sp³-hybridized carbons (Fsp3) is 0.444. The molecular formula is C9H16N6O3S. The first-order valence-electron chi connectivity index (χ1n) is 5.54. The van der Waals surface area contributed by atoms with Gasteiger partial charge in [0.25, 0.3) is 0 Å². The van der Waals surface area contributed by atoms with Gasteiger partial charge in [-0.15, -0.1) is 0 Å². The Morgan fingerprint density at radius 1 is 1.37 bits per heavy atom. The highest BCUT2D eigenvalue weighted by atomic mass is 32.2. The number of nitrogen functional groups attached to an aromatic ring is 1. The molecule has 1 heterocycles. The molecule has 0 atom stereocenters. The molecule has 9 nitrogen and oxygen atoms in total. The van der Waals surface area contributed by atoms with Crippen LogP contribution in [0.2, 0.25) is 0 Å². The predicted molar refractivity (Wildman–Crippen MR) is 68.3 cm³/mol. The number of anilines is 1. The first kappa shape index (κ1) is 15.3. The molecule has 0 aliphatic rings. The molecule has 5 N–H and O–H groups in total. The minimum atomic E-state index is -3.72. The highest BCUT2D eigenvalue weighted by Crippen LogP contribution is 2.06. The maximum atomic E-state index is 11.8. The van der Waals surface area contributed by atoms with E-state index in [0.29, 0.717) is 6.54 Å². The largest absolute Gasteiger partial charge is 0.356 e. The zero-order chi connectivity index (χ0) is 14.3. The monoisotopic (exact) mass is 288 g/mol. The molecule has 0 saturated heterocycles. The Morgan fingerprint density at radius 2 is 2.00 bits per heavy atom. The SMILES string of the molecule is CCNC(=O)CCNS(=O)(=O)c1cnc(NN)nc1. The molecule has 1 amide bonds. The van der Waals surface area contributed by atoms with Crippen molar-refractivity contribution in [2.75, 3.05) is 18.5 Å². The average molecular weight is 288 g/mol. The molecule has 1 aromatic rings. The van der Waals surface area contributed by atoms with E-state index >= 15 is 0 Å². The van der Waals surface area contributed by atoms with Gasteiger partial charge in [-0.25, -0.2) is 29.0 Å². The fourth-order valence-electron chi connectivity index (χ4n) is 1.20. The number of hydrazine groups is 1. The van der Waals surface area contributed by atoms with Crippen LogP contribution in [-0.4, -0.2) is 37.4 Å². The average Bonchev–Trinajstić information content (AvgIpc) is 2.39. The lowest BCUT2D eigenvalue weighted by Crippen LogP contribution is -2.30. The van der Waals surface area contributed by atoms with Crippen LogP contribution in [0.1, 0.15) is 13.3 Å². The molecule has 106 valence electrons. The summed E-state index contributed by atoms with van der Waals surface area (Å²) in [4.78, 5) is 18.4. The van der Waals surface area contributed by atoms with E-state index in [1.165, 1.54) is 0 Å². The van der Waals surface area contributed by atoms with Crippen LogP contribution < -0.4 is 21.3 Å². The maximum absolute atomic E-state index is 11.8. The van der Waals surface area contributed by atoms with Gasteiger partial charge in [0.1, 0.15) is 4.90 Å². The summed E-state index contributed by atoms with van der Waals surface area (Å²) in [5.74, 6) is 4.96. The summed E-state index contributed by atoms with van der Waals surface area (Å²) < 4.78 is 25.9. The van der Waals surface area contributed by atoms with E-state index < -0.39 is 10.0 Å². The predicted octanol–water partition coefficient (Wildman–Crippen LogP) is -1.43. The van der Waals surface area contributed by atoms with Gasteiger partial charge in [0.15, 0.2) is 0 Å². The first-order chi connectivity index (χ1) is 8.99. The number of carbonyl (C=O) groups excluding carboxylic acids is 1. The van der Waals surface area contributed by atoms with Crippen molar-refractivity contribution in [2.45, 2.75) is 18.2 Å². The van der Waals surface area contributed by atoms with Crippen molar-refractivity contribution in [2.24, 2.45) is 5.84 Å². The molecule has 0 bridgehead atoms. The second-order valence-corrected chi connectivity index (χ2v) is 5.25. The Hall–Kier alpha value is -1.78. The second-order valence-electron chi connectivity index (χ2n) is 3.49. The molecular weight excluding hydrogens is 272 g/mol. The number of hydrogen-bond donors (Lipinski definition) is 4. The van der Waals surface area contributed by atoms with Crippen LogP contribution in [0, 0.1) is 0 Å². The number of nitrogens with one attached hydrogen (secondary N) is 3. The summed E-state index contributed by atoms with van der Waals surface area (Å²) >= 11 is 0. The highest BCUT2D eigenvalue weighted by molar-refractivity contribution is 7.89. The molecule has 19 heavy (non-hydrogen) atoms. The topological polar surface area (TPSA) is 139 Å². The quantitative estimate of drug-likeness (QED) is 0.356. The van der Waals surface area contributed by atoms with Crippen molar-refractivity contribution in [3.8, 4) is 0 Å². The van der Waals surface area contributed by atoms with Crippen LogP contribution in [0.25, 0.3) is 0 Å². The van der Waals surface area contributed by atoms with Gasteiger partial charge in [-0.3, -0.25) is 10.2 Å². The van der Waals surface area contributed by atoms with E-state index in [2.05, 4.69) is 25.4 Å². The van der Waals surface area contributed by atoms with E-state index in [4.69, 9.17) is 5.84 Å². The van der Waals surface area contributed by atoms with Crippen LogP contribution in [-0.2, 0) is 14.8 Å². The lowest BCUT2D eigenvalue weighted by molar-refractivity contribution is -0.120. The smallest absolute Gasteiger partial charge is 0.243 e. The van der Waals surface area contributed by atoms with Crippen molar-refractivity contribution < 1.29 is 13.2 Å². The zero-order valence-electron chi connectivity index (χ0n) is 10.4. The van der Waals surface area contributed by atoms with Gasteiger partial charge >= 0.3 is 0 Å². The Balaban J connectivity index is 2.57. The molecule has 1 aromatic heterocycles. The standard InChI is InChI=1S/C9H16N6O3S/c1-2-11-8(16)3-4-14-19(17,18)7-5-12-9(15-10)13-6-7/h5-6,14H,2-4,10H2,1H3,(H,11,16)(H,12,13,15). The van der Waals surface area contributed by atoms with Gasteiger partial charge in [0, 0.05) is 19.5 Å². The van der Waals surface area contributed by atoms with Crippen molar-refractivity contribution in [1.29, 1.82) is 0 Å². The summed E-state index contributed by atoms with van der Waals surface area (Å²) in [6.07, 6.45) is 2.31. The third kappa shape index (κ3) is 4.77. The van der Waals surface area contributed by atoms with E-state index in [0.717, 1.165) is 12.4 Å². The molecule has 0 fully saturated rings. The number of nitrogens with two attached hydrogens (primary N) is 1. The van der Waals surface area contributed by atoms with E-state index in [1.807, 2.05) is 0 Å². The molecule has 0 aliphatic carbocycles. The lowest BCUT2D eigenvalue weighted by atomic mass is 10.4. The van der Waals surface area contributed by atoms with Gasteiger partial charge in [0.2, 0.25) is 21.9 Å². The molecule has 1 rings (SSSR count). The number of sulfonamides is 1. The minimum absolute atomic E-state index is 0.00502. The van der Waals surface area contributed by atoms with Crippen molar-refractivity contribution in [1.82, 2.24) is 20.0 Å². The van der Waals surface area contributed by atoms with Gasteiger partial charge in [-0.05, 0) is 6.92 Å². The molecule has 10 heteroatoms. The number of carbonyl (C=O) groups is 1.